The van der Waals surface area contributed by atoms with Crippen LogP contribution < -0.4 is 0 Å². The zero-order valence-corrected chi connectivity index (χ0v) is 17.0. The minimum absolute atomic E-state index is 0.0238. The second kappa shape index (κ2) is 7.13. The summed E-state index contributed by atoms with van der Waals surface area (Å²) in [6, 6.07) is 19.8. The quantitative estimate of drug-likeness (QED) is 0.619. The van der Waals surface area contributed by atoms with Crippen LogP contribution in [0.3, 0.4) is 0 Å². The van der Waals surface area contributed by atoms with E-state index in [1.54, 1.807) is 0 Å². The molecule has 0 N–H and O–H groups in total. The molecule has 1 saturated heterocycles. The number of aromatic nitrogens is 2. The summed E-state index contributed by atoms with van der Waals surface area (Å²) < 4.78 is 2.34. The molecule has 0 saturated carbocycles. The van der Waals surface area contributed by atoms with Gasteiger partial charge in [-0.1, -0.05) is 43.0 Å². The Morgan fingerprint density at radius 3 is 2.71 bits per heavy atom. The average molecular weight is 389 g/mol. The molecule has 1 fully saturated rings. The summed E-state index contributed by atoms with van der Waals surface area (Å²) in [6.45, 7) is 4.45. The highest BCUT2D eigenvalue weighted by molar-refractivity contribution is 8.14. The van der Waals surface area contributed by atoms with Crippen LogP contribution in [-0.4, -0.2) is 31.4 Å². The van der Waals surface area contributed by atoms with Crippen molar-refractivity contribution in [3.05, 3.63) is 83.9 Å². The van der Waals surface area contributed by atoms with Crippen molar-refractivity contribution in [2.24, 2.45) is 4.99 Å². The van der Waals surface area contributed by atoms with Gasteiger partial charge in [-0.15, -0.1) is 0 Å². The highest BCUT2D eigenvalue weighted by Crippen LogP contribution is 2.48. The number of aryl methyl sites for hydroxylation is 1. The summed E-state index contributed by atoms with van der Waals surface area (Å²) in [6.07, 6.45) is 5.18. The molecule has 4 heterocycles. The molecule has 142 valence electrons. The standard InChI is InChI=1S/C23H24N4S/c1-3-17-15-28-23-25-21(18-10-6-7-13-24-18)22(27(17)23)20-12-8-14-26(20)19-11-5-4-9-16(19)2/h4-14,17,21-22H,3,15H2,1-2H3/t17-,21+,22+/m1/s1. The maximum absolute atomic E-state index is 5.14. The summed E-state index contributed by atoms with van der Waals surface area (Å²) >= 11 is 1.89. The third-order valence-corrected chi connectivity index (χ3v) is 6.91. The number of aliphatic imine (C=N–C) groups is 1. The van der Waals surface area contributed by atoms with Gasteiger partial charge in [0.1, 0.15) is 12.1 Å². The van der Waals surface area contributed by atoms with Gasteiger partial charge in [-0.25, -0.2) is 0 Å². The number of rotatable bonds is 4. The molecular formula is C23H24N4S. The first kappa shape index (κ1) is 17.6. The Kier molecular flexibility index (Phi) is 4.47. The number of hydrogen-bond acceptors (Lipinski definition) is 4. The predicted octanol–water partition coefficient (Wildman–Crippen LogP) is 5.16. The number of hydrogen-bond donors (Lipinski definition) is 0. The third-order valence-electron chi connectivity index (χ3n) is 5.79. The van der Waals surface area contributed by atoms with Crippen LogP contribution in [0.15, 0.2) is 72.0 Å². The molecule has 5 rings (SSSR count). The van der Waals surface area contributed by atoms with Crippen LogP contribution in [0, 0.1) is 6.92 Å². The molecule has 3 aromatic rings. The predicted molar refractivity (Wildman–Crippen MR) is 116 cm³/mol. The molecule has 0 amide bonds. The zero-order valence-electron chi connectivity index (χ0n) is 16.2. The van der Waals surface area contributed by atoms with Crippen molar-refractivity contribution in [1.82, 2.24) is 14.5 Å². The Morgan fingerprint density at radius 2 is 1.93 bits per heavy atom. The lowest BCUT2D eigenvalue weighted by Crippen LogP contribution is -2.36. The van der Waals surface area contributed by atoms with Crippen molar-refractivity contribution in [3.8, 4) is 5.69 Å². The zero-order chi connectivity index (χ0) is 19.1. The first-order valence-electron chi connectivity index (χ1n) is 9.91. The van der Waals surface area contributed by atoms with E-state index >= 15 is 0 Å². The van der Waals surface area contributed by atoms with E-state index in [1.165, 1.54) is 22.1 Å². The fraction of sp³-hybridized carbons (Fsp3) is 0.304. The van der Waals surface area contributed by atoms with E-state index < -0.39 is 0 Å². The molecule has 0 unspecified atom stereocenters. The van der Waals surface area contributed by atoms with Gasteiger partial charge in [0.15, 0.2) is 5.17 Å². The molecule has 0 radical (unpaired) electrons. The van der Waals surface area contributed by atoms with Gasteiger partial charge in [0.25, 0.3) is 0 Å². The Balaban J connectivity index is 1.65. The van der Waals surface area contributed by atoms with E-state index in [9.17, 15) is 0 Å². The maximum Gasteiger partial charge on any atom is 0.160 e. The van der Waals surface area contributed by atoms with Gasteiger partial charge in [0, 0.05) is 35.6 Å². The smallest absolute Gasteiger partial charge is 0.160 e. The van der Waals surface area contributed by atoms with Crippen LogP contribution in [0.4, 0.5) is 0 Å². The molecular weight excluding hydrogens is 364 g/mol. The molecule has 2 aromatic heterocycles. The lowest BCUT2D eigenvalue weighted by Gasteiger charge is -2.32. The van der Waals surface area contributed by atoms with Crippen LogP contribution in [0.25, 0.3) is 5.69 Å². The van der Waals surface area contributed by atoms with E-state index in [1.807, 2.05) is 24.0 Å². The van der Waals surface area contributed by atoms with E-state index in [0.29, 0.717) is 6.04 Å². The summed E-state index contributed by atoms with van der Waals surface area (Å²) in [5.41, 5.74) is 4.83. The molecule has 5 heteroatoms. The molecule has 2 aliphatic rings. The lowest BCUT2D eigenvalue weighted by atomic mass is 9.99. The number of thioether (sulfide) groups is 1. The van der Waals surface area contributed by atoms with Crippen molar-refractivity contribution >= 4 is 16.9 Å². The highest BCUT2D eigenvalue weighted by atomic mass is 32.2. The van der Waals surface area contributed by atoms with Gasteiger partial charge in [-0.3, -0.25) is 9.98 Å². The van der Waals surface area contributed by atoms with Gasteiger partial charge in [0.2, 0.25) is 0 Å². The molecule has 3 atom stereocenters. The minimum Gasteiger partial charge on any atom is -0.337 e. The highest BCUT2D eigenvalue weighted by Gasteiger charge is 2.46. The van der Waals surface area contributed by atoms with Crippen molar-refractivity contribution in [1.29, 1.82) is 0 Å². The molecule has 0 spiro atoms. The molecule has 2 aliphatic heterocycles. The van der Waals surface area contributed by atoms with Gasteiger partial charge >= 0.3 is 0 Å². The number of para-hydroxylation sites is 1. The van der Waals surface area contributed by atoms with Crippen molar-refractivity contribution in [3.63, 3.8) is 0 Å². The van der Waals surface area contributed by atoms with Gasteiger partial charge < -0.3 is 9.47 Å². The second-order valence-corrected chi connectivity index (χ2v) is 8.41. The normalized spacial score (nSPS) is 23.7. The summed E-state index contributed by atoms with van der Waals surface area (Å²) in [5.74, 6) is 1.12. The van der Waals surface area contributed by atoms with Crippen LogP contribution in [-0.2, 0) is 0 Å². The molecule has 0 bridgehead atoms. The van der Waals surface area contributed by atoms with Crippen molar-refractivity contribution in [2.45, 2.75) is 38.4 Å². The molecule has 4 nitrogen and oxygen atoms in total. The van der Waals surface area contributed by atoms with Gasteiger partial charge in [-0.2, -0.15) is 0 Å². The summed E-state index contributed by atoms with van der Waals surface area (Å²) in [5, 5.41) is 1.17. The number of pyridine rings is 1. The molecule has 28 heavy (non-hydrogen) atoms. The number of amidine groups is 1. The Bertz CT molecular complexity index is 1010. The monoisotopic (exact) mass is 388 g/mol. The first-order valence-corrected chi connectivity index (χ1v) is 10.9. The van der Waals surface area contributed by atoms with E-state index in [-0.39, 0.29) is 12.1 Å². The maximum atomic E-state index is 5.14. The topological polar surface area (TPSA) is 33.4 Å². The fourth-order valence-corrected chi connectivity index (χ4v) is 5.70. The molecule has 1 aromatic carbocycles. The number of benzene rings is 1. The number of fused-ring (bicyclic) bond motifs is 1. The van der Waals surface area contributed by atoms with Crippen molar-refractivity contribution in [2.75, 3.05) is 5.75 Å². The Hall–Kier alpha value is -2.53. The SMILES string of the molecule is CC[C@@H]1CSC2=N[C@@H](c3ccccn3)[C@H](c3cccn3-c3ccccc3C)N21. The van der Waals surface area contributed by atoms with Crippen molar-refractivity contribution < 1.29 is 0 Å². The van der Waals surface area contributed by atoms with Crippen LogP contribution >= 0.6 is 11.8 Å². The van der Waals surface area contributed by atoms with Gasteiger partial charge in [-0.05, 0) is 49.2 Å². The summed E-state index contributed by atoms with van der Waals surface area (Å²) in [7, 11) is 0. The van der Waals surface area contributed by atoms with Crippen LogP contribution in [0.5, 0.6) is 0 Å². The van der Waals surface area contributed by atoms with E-state index in [4.69, 9.17) is 4.99 Å². The van der Waals surface area contributed by atoms with Crippen LogP contribution in [0.2, 0.25) is 0 Å². The Labute approximate surface area is 170 Å². The second-order valence-electron chi connectivity index (χ2n) is 7.43. The van der Waals surface area contributed by atoms with Gasteiger partial charge in [0.05, 0.1) is 5.69 Å². The van der Waals surface area contributed by atoms with Crippen LogP contribution in [0.1, 0.15) is 42.4 Å². The minimum atomic E-state index is 0.0238. The molecule has 0 aliphatic carbocycles. The average Bonchev–Trinajstić information content (AvgIpc) is 3.43. The first-order chi connectivity index (χ1) is 13.8. The third kappa shape index (κ3) is 2.76. The Morgan fingerprint density at radius 1 is 1.07 bits per heavy atom. The number of nitrogens with zero attached hydrogens (tertiary/aromatic N) is 4. The largest absolute Gasteiger partial charge is 0.337 e. The fourth-order valence-electron chi connectivity index (χ4n) is 4.36. The van der Waals surface area contributed by atoms with E-state index in [0.717, 1.165) is 17.9 Å². The summed E-state index contributed by atoms with van der Waals surface area (Å²) in [4.78, 5) is 12.4. The lowest BCUT2D eigenvalue weighted by molar-refractivity contribution is 0.249. The van der Waals surface area contributed by atoms with E-state index in [2.05, 4.69) is 83.0 Å².